The number of hydrogen-bond acceptors (Lipinski definition) is 2. The first kappa shape index (κ1) is 14.9. The van der Waals surface area contributed by atoms with E-state index in [0.29, 0.717) is 12.0 Å². The summed E-state index contributed by atoms with van der Waals surface area (Å²) in [5.41, 5.74) is 6.41. The number of hydrogen-bond donors (Lipinski definition) is 1. The van der Waals surface area contributed by atoms with Crippen molar-refractivity contribution >= 4 is 11.8 Å². The lowest BCUT2D eigenvalue weighted by atomic mass is 10.1. The first-order chi connectivity index (χ1) is 9.47. The molecule has 2 N–H and O–H groups in total. The highest BCUT2D eigenvalue weighted by Gasteiger charge is 2.14. The van der Waals surface area contributed by atoms with Gasteiger partial charge in [-0.2, -0.15) is 0 Å². The van der Waals surface area contributed by atoms with Gasteiger partial charge in [0.2, 0.25) is 0 Å². The summed E-state index contributed by atoms with van der Waals surface area (Å²) in [7, 11) is 0. The van der Waals surface area contributed by atoms with E-state index < -0.39 is 17.5 Å². The number of benzene rings is 2. The third-order valence-corrected chi connectivity index (χ3v) is 3.89. The van der Waals surface area contributed by atoms with Gasteiger partial charge in [0.25, 0.3) is 0 Å². The molecule has 0 spiro atoms. The lowest BCUT2D eigenvalue weighted by Gasteiger charge is -2.12. The molecule has 20 heavy (non-hydrogen) atoms. The monoisotopic (exact) mass is 297 g/mol. The van der Waals surface area contributed by atoms with Crippen molar-refractivity contribution in [3.8, 4) is 0 Å². The highest BCUT2D eigenvalue weighted by Crippen LogP contribution is 2.35. The summed E-state index contributed by atoms with van der Waals surface area (Å²) in [5, 5.41) is 0. The van der Waals surface area contributed by atoms with Gasteiger partial charge in [-0.15, -0.1) is 0 Å². The van der Waals surface area contributed by atoms with E-state index in [1.807, 2.05) is 6.92 Å². The average molecular weight is 297 g/mol. The second-order valence-corrected chi connectivity index (χ2v) is 5.64. The molecule has 5 heteroatoms. The van der Waals surface area contributed by atoms with E-state index >= 15 is 0 Å². The standard InChI is InChI=1S/C15H14F3NS/c1-9(19)7-10-3-2-4-13(18)15(10)20-14-8-11(16)5-6-12(14)17/h2-6,8-9H,7,19H2,1H3. The second-order valence-electron chi connectivity index (χ2n) is 4.59. The van der Waals surface area contributed by atoms with Crippen LogP contribution in [0.15, 0.2) is 46.2 Å². The van der Waals surface area contributed by atoms with Crippen LogP contribution < -0.4 is 5.73 Å². The Balaban J connectivity index is 2.39. The van der Waals surface area contributed by atoms with Crippen molar-refractivity contribution in [2.24, 2.45) is 5.73 Å². The molecule has 2 rings (SSSR count). The first-order valence-corrected chi connectivity index (χ1v) is 6.95. The molecule has 0 amide bonds. The molecule has 1 unspecified atom stereocenters. The van der Waals surface area contributed by atoms with Crippen molar-refractivity contribution in [1.82, 2.24) is 0 Å². The van der Waals surface area contributed by atoms with Crippen LogP contribution in [0.5, 0.6) is 0 Å². The maximum absolute atomic E-state index is 13.9. The summed E-state index contributed by atoms with van der Waals surface area (Å²) in [5.74, 6) is -1.60. The van der Waals surface area contributed by atoms with Crippen LogP contribution in [-0.4, -0.2) is 6.04 Å². The number of nitrogens with two attached hydrogens (primary N) is 1. The van der Waals surface area contributed by atoms with Crippen LogP contribution in [0, 0.1) is 17.5 Å². The van der Waals surface area contributed by atoms with Crippen molar-refractivity contribution in [2.45, 2.75) is 29.2 Å². The van der Waals surface area contributed by atoms with E-state index in [-0.39, 0.29) is 15.8 Å². The Labute approximate surface area is 120 Å². The molecule has 0 saturated heterocycles. The van der Waals surface area contributed by atoms with Gasteiger partial charge in [-0.25, -0.2) is 13.2 Å². The third kappa shape index (κ3) is 3.55. The average Bonchev–Trinajstić information content (AvgIpc) is 2.37. The van der Waals surface area contributed by atoms with Crippen LogP contribution in [0.25, 0.3) is 0 Å². The van der Waals surface area contributed by atoms with Gasteiger partial charge >= 0.3 is 0 Å². The van der Waals surface area contributed by atoms with E-state index in [4.69, 9.17) is 5.73 Å². The van der Waals surface area contributed by atoms with Crippen molar-refractivity contribution in [3.63, 3.8) is 0 Å². The molecule has 0 aliphatic carbocycles. The maximum atomic E-state index is 13.9. The molecular formula is C15H14F3NS. The van der Waals surface area contributed by atoms with Gasteiger partial charge in [-0.05, 0) is 43.2 Å². The third-order valence-electron chi connectivity index (χ3n) is 2.70. The van der Waals surface area contributed by atoms with Gasteiger partial charge in [0, 0.05) is 6.04 Å². The molecule has 1 nitrogen and oxygen atoms in total. The summed E-state index contributed by atoms with van der Waals surface area (Å²) >= 11 is 0.878. The predicted molar refractivity (Wildman–Crippen MR) is 74.2 cm³/mol. The molecule has 106 valence electrons. The lowest BCUT2D eigenvalue weighted by molar-refractivity contribution is 0.574. The Bertz CT molecular complexity index is 614. The topological polar surface area (TPSA) is 26.0 Å². The minimum atomic E-state index is -0.577. The zero-order valence-corrected chi connectivity index (χ0v) is 11.7. The SMILES string of the molecule is CC(N)Cc1cccc(F)c1Sc1cc(F)ccc1F. The normalized spacial score (nSPS) is 12.4. The van der Waals surface area contributed by atoms with Crippen LogP contribution in [0.3, 0.4) is 0 Å². The molecule has 0 heterocycles. The Hall–Kier alpha value is -1.46. The molecule has 0 aliphatic rings. The van der Waals surface area contributed by atoms with Crippen molar-refractivity contribution in [2.75, 3.05) is 0 Å². The zero-order valence-electron chi connectivity index (χ0n) is 10.9. The molecule has 0 aromatic heterocycles. The molecule has 0 bridgehead atoms. The molecule has 2 aromatic carbocycles. The largest absolute Gasteiger partial charge is 0.328 e. The quantitative estimate of drug-likeness (QED) is 0.917. The summed E-state index contributed by atoms with van der Waals surface area (Å²) in [6.45, 7) is 1.81. The van der Waals surface area contributed by atoms with E-state index in [1.165, 1.54) is 6.07 Å². The van der Waals surface area contributed by atoms with E-state index in [9.17, 15) is 13.2 Å². The summed E-state index contributed by atoms with van der Waals surface area (Å²) in [6, 6.07) is 7.60. The Morgan fingerprint density at radius 1 is 1.10 bits per heavy atom. The number of rotatable bonds is 4. The van der Waals surface area contributed by atoms with Gasteiger partial charge in [0.05, 0.1) is 9.79 Å². The van der Waals surface area contributed by atoms with Gasteiger partial charge < -0.3 is 5.73 Å². The smallest absolute Gasteiger partial charge is 0.137 e. The van der Waals surface area contributed by atoms with Crippen LogP contribution in [-0.2, 0) is 6.42 Å². The zero-order chi connectivity index (χ0) is 14.7. The van der Waals surface area contributed by atoms with Crippen molar-refractivity contribution < 1.29 is 13.2 Å². The minimum Gasteiger partial charge on any atom is -0.328 e. The summed E-state index contributed by atoms with van der Waals surface area (Å²) < 4.78 is 40.8. The first-order valence-electron chi connectivity index (χ1n) is 6.13. The molecule has 0 radical (unpaired) electrons. The fourth-order valence-electron chi connectivity index (χ4n) is 1.84. The van der Waals surface area contributed by atoms with E-state index in [0.717, 1.165) is 30.0 Å². The fourth-order valence-corrected chi connectivity index (χ4v) is 2.85. The van der Waals surface area contributed by atoms with Gasteiger partial charge in [0.15, 0.2) is 0 Å². The predicted octanol–water partition coefficient (Wildman–Crippen LogP) is 4.14. The Morgan fingerprint density at radius 2 is 1.85 bits per heavy atom. The van der Waals surface area contributed by atoms with Crippen LogP contribution in [0.2, 0.25) is 0 Å². The van der Waals surface area contributed by atoms with Crippen molar-refractivity contribution in [1.29, 1.82) is 0 Å². The molecule has 0 aliphatic heterocycles. The van der Waals surface area contributed by atoms with E-state index in [1.54, 1.807) is 12.1 Å². The highest BCUT2D eigenvalue weighted by atomic mass is 32.2. The molecule has 0 fully saturated rings. The highest BCUT2D eigenvalue weighted by molar-refractivity contribution is 7.99. The molecule has 2 aromatic rings. The van der Waals surface area contributed by atoms with Crippen LogP contribution in [0.1, 0.15) is 12.5 Å². The second kappa shape index (κ2) is 6.33. The fraction of sp³-hybridized carbons (Fsp3) is 0.200. The Kier molecular flexibility index (Phi) is 4.73. The molecule has 0 saturated carbocycles. The minimum absolute atomic E-state index is 0.0565. The Morgan fingerprint density at radius 3 is 2.55 bits per heavy atom. The van der Waals surface area contributed by atoms with E-state index in [2.05, 4.69) is 0 Å². The van der Waals surface area contributed by atoms with Crippen LogP contribution in [0.4, 0.5) is 13.2 Å². The van der Waals surface area contributed by atoms with Gasteiger partial charge in [0.1, 0.15) is 17.5 Å². The summed E-state index contributed by atoms with van der Waals surface area (Å²) in [6.07, 6.45) is 0.469. The number of halogens is 3. The van der Waals surface area contributed by atoms with Gasteiger partial charge in [-0.3, -0.25) is 0 Å². The summed E-state index contributed by atoms with van der Waals surface area (Å²) in [4.78, 5) is 0.343. The van der Waals surface area contributed by atoms with Gasteiger partial charge in [-0.1, -0.05) is 23.9 Å². The van der Waals surface area contributed by atoms with Crippen molar-refractivity contribution in [3.05, 3.63) is 59.4 Å². The molecular weight excluding hydrogens is 283 g/mol. The maximum Gasteiger partial charge on any atom is 0.137 e. The lowest BCUT2D eigenvalue weighted by Crippen LogP contribution is -2.18. The molecule has 1 atom stereocenters. The van der Waals surface area contributed by atoms with Crippen LogP contribution >= 0.6 is 11.8 Å².